The predicted molar refractivity (Wildman–Crippen MR) is 103 cm³/mol. The van der Waals surface area contributed by atoms with Gasteiger partial charge in [0.15, 0.2) is 5.13 Å². The molecule has 1 N–H and O–H groups in total. The van der Waals surface area contributed by atoms with E-state index in [2.05, 4.69) is 31.2 Å². The molecular formula is C18H13BrN4OS. The Balaban J connectivity index is 1.61. The Labute approximate surface area is 156 Å². The number of hydrogen-bond acceptors (Lipinski definition) is 4. The lowest BCUT2D eigenvalue weighted by atomic mass is 10.2. The number of hydrogen-bond donors (Lipinski definition) is 1. The summed E-state index contributed by atoms with van der Waals surface area (Å²) in [6, 6.07) is 13.6. The van der Waals surface area contributed by atoms with E-state index >= 15 is 0 Å². The van der Waals surface area contributed by atoms with Crippen LogP contribution in [0.4, 0.5) is 5.13 Å². The molecule has 4 rings (SSSR count). The van der Waals surface area contributed by atoms with Crippen molar-refractivity contribution in [2.75, 3.05) is 5.32 Å². The minimum atomic E-state index is -0.215. The monoisotopic (exact) mass is 412 g/mol. The molecule has 5 nitrogen and oxygen atoms in total. The smallest absolute Gasteiger partial charge is 0.276 e. The van der Waals surface area contributed by atoms with Crippen molar-refractivity contribution in [3.8, 4) is 11.3 Å². The van der Waals surface area contributed by atoms with Crippen LogP contribution >= 0.6 is 27.3 Å². The number of benzene rings is 1. The summed E-state index contributed by atoms with van der Waals surface area (Å²) >= 11 is 4.82. The molecule has 3 heterocycles. The molecule has 0 saturated carbocycles. The van der Waals surface area contributed by atoms with Gasteiger partial charge in [0, 0.05) is 21.6 Å². The van der Waals surface area contributed by atoms with Crippen LogP contribution in [0.2, 0.25) is 0 Å². The molecule has 3 aromatic heterocycles. The van der Waals surface area contributed by atoms with E-state index in [1.165, 1.54) is 11.3 Å². The number of fused-ring (bicyclic) bond motifs is 1. The Morgan fingerprint density at radius 2 is 1.96 bits per heavy atom. The Morgan fingerprint density at radius 1 is 1.16 bits per heavy atom. The number of aromatic nitrogens is 3. The first-order valence-corrected chi connectivity index (χ1v) is 9.25. The minimum Gasteiger partial charge on any atom is -0.296 e. The summed E-state index contributed by atoms with van der Waals surface area (Å²) in [5, 5.41) is 5.37. The van der Waals surface area contributed by atoms with Crippen molar-refractivity contribution in [2.24, 2.45) is 0 Å². The molecule has 1 aromatic carbocycles. The van der Waals surface area contributed by atoms with Gasteiger partial charge in [0.2, 0.25) is 0 Å². The van der Waals surface area contributed by atoms with Gasteiger partial charge in [0.05, 0.1) is 11.4 Å². The third-order valence-corrected chi connectivity index (χ3v) is 5.07. The van der Waals surface area contributed by atoms with E-state index in [9.17, 15) is 4.79 Å². The van der Waals surface area contributed by atoms with Gasteiger partial charge in [-0.15, -0.1) is 11.3 Å². The van der Waals surface area contributed by atoms with Crippen LogP contribution in [0.1, 0.15) is 16.2 Å². The van der Waals surface area contributed by atoms with Gasteiger partial charge in [-0.25, -0.2) is 9.97 Å². The number of pyridine rings is 1. The fraction of sp³-hybridized carbons (Fsp3) is 0.0556. The van der Waals surface area contributed by atoms with E-state index in [4.69, 9.17) is 0 Å². The van der Waals surface area contributed by atoms with Crippen molar-refractivity contribution in [2.45, 2.75) is 6.92 Å². The Bertz CT molecular complexity index is 1070. The van der Waals surface area contributed by atoms with E-state index in [0.29, 0.717) is 16.5 Å². The fourth-order valence-corrected chi connectivity index (χ4v) is 3.61. The Morgan fingerprint density at radius 3 is 2.76 bits per heavy atom. The van der Waals surface area contributed by atoms with Gasteiger partial charge in [-0.05, 0) is 31.2 Å². The number of amides is 1. The normalized spacial score (nSPS) is 11.0. The maximum absolute atomic E-state index is 12.7. The van der Waals surface area contributed by atoms with Crippen molar-refractivity contribution >= 4 is 44.0 Å². The molecule has 124 valence electrons. The fourth-order valence-electron chi connectivity index (χ4n) is 2.63. The van der Waals surface area contributed by atoms with Gasteiger partial charge in [-0.3, -0.25) is 14.5 Å². The highest BCUT2D eigenvalue weighted by atomic mass is 79.9. The van der Waals surface area contributed by atoms with Crippen LogP contribution in [0.25, 0.3) is 16.9 Å². The van der Waals surface area contributed by atoms with Gasteiger partial charge in [0.1, 0.15) is 11.3 Å². The quantitative estimate of drug-likeness (QED) is 0.526. The van der Waals surface area contributed by atoms with E-state index in [1.807, 2.05) is 61.0 Å². The topological polar surface area (TPSA) is 59.3 Å². The largest absolute Gasteiger partial charge is 0.296 e. The summed E-state index contributed by atoms with van der Waals surface area (Å²) in [4.78, 5) is 21.6. The molecule has 0 bridgehead atoms. The zero-order valence-electron chi connectivity index (χ0n) is 13.2. The van der Waals surface area contributed by atoms with E-state index < -0.39 is 0 Å². The van der Waals surface area contributed by atoms with Crippen molar-refractivity contribution in [1.29, 1.82) is 0 Å². The first-order valence-electron chi connectivity index (χ1n) is 7.58. The summed E-state index contributed by atoms with van der Waals surface area (Å²) < 4.78 is 2.80. The molecule has 4 aromatic rings. The minimum absolute atomic E-state index is 0.215. The number of thiazole rings is 1. The number of nitrogens with zero attached hydrogens (tertiary/aromatic N) is 3. The lowest BCUT2D eigenvalue weighted by Gasteiger charge is -2.03. The SMILES string of the molecule is Cc1nc2ccccn2c1C(=O)Nc1nc(-c2ccc(Br)cc2)cs1. The van der Waals surface area contributed by atoms with Crippen LogP contribution in [0.15, 0.2) is 58.5 Å². The third-order valence-electron chi connectivity index (χ3n) is 3.78. The number of imidazole rings is 1. The number of nitrogens with one attached hydrogen (secondary N) is 1. The number of aryl methyl sites for hydroxylation is 1. The Hall–Kier alpha value is -2.51. The summed E-state index contributed by atoms with van der Waals surface area (Å²) in [7, 11) is 0. The van der Waals surface area contributed by atoms with Crippen LogP contribution in [0.5, 0.6) is 0 Å². The molecule has 0 aliphatic carbocycles. The number of carbonyl (C=O) groups excluding carboxylic acids is 1. The molecule has 0 radical (unpaired) electrons. The first-order chi connectivity index (χ1) is 12.1. The molecule has 0 saturated heterocycles. The number of rotatable bonds is 3. The zero-order valence-corrected chi connectivity index (χ0v) is 15.6. The number of anilines is 1. The average Bonchev–Trinajstić information content (AvgIpc) is 3.18. The molecular weight excluding hydrogens is 400 g/mol. The molecule has 25 heavy (non-hydrogen) atoms. The van der Waals surface area contributed by atoms with Crippen LogP contribution in [0, 0.1) is 6.92 Å². The van der Waals surface area contributed by atoms with Crippen LogP contribution < -0.4 is 5.32 Å². The third kappa shape index (κ3) is 3.08. The predicted octanol–water partition coefficient (Wildman–Crippen LogP) is 4.78. The molecule has 0 spiro atoms. The standard InChI is InChI=1S/C18H13BrN4OS/c1-11-16(23-9-3-2-4-15(23)20-11)17(24)22-18-21-14(10-25-18)12-5-7-13(19)8-6-12/h2-10H,1H3,(H,21,22,24). The molecule has 0 fully saturated rings. The summed E-state index contributed by atoms with van der Waals surface area (Å²) in [5.41, 5.74) is 3.80. The average molecular weight is 413 g/mol. The van der Waals surface area contributed by atoms with Crippen molar-refractivity contribution in [3.05, 3.63) is 69.9 Å². The molecule has 0 atom stereocenters. The number of halogens is 1. The van der Waals surface area contributed by atoms with Gasteiger partial charge < -0.3 is 0 Å². The summed E-state index contributed by atoms with van der Waals surface area (Å²) in [5.74, 6) is -0.215. The Kier molecular flexibility index (Phi) is 4.10. The van der Waals surface area contributed by atoms with Crippen LogP contribution in [-0.2, 0) is 0 Å². The first kappa shape index (κ1) is 16.0. The van der Waals surface area contributed by atoms with Gasteiger partial charge in [0.25, 0.3) is 5.91 Å². The molecule has 7 heteroatoms. The van der Waals surface area contributed by atoms with E-state index in [-0.39, 0.29) is 5.91 Å². The van der Waals surface area contributed by atoms with Crippen molar-refractivity contribution < 1.29 is 4.79 Å². The van der Waals surface area contributed by atoms with E-state index in [0.717, 1.165) is 21.4 Å². The van der Waals surface area contributed by atoms with Crippen LogP contribution in [0.3, 0.4) is 0 Å². The van der Waals surface area contributed by atoms with Crippen molar-refractivity contribution in [3.63, 3.8) is 0 Å². The molecule has 0 unspecified atom stereocenters. The second-order valence-corrected chi connectivity index (χ2v) is 7.25. The van der Waals surface area contributed by atoms with Crippen LogP contribution in [-0.4, -0.2) is 20.3 Å². The zero-order chi connectivity index (χ0) is 17.4. The molecule has 0 aliphatic rings. The summed E-state index contributed by atoms with van der Waals surface area (Å²) in [6.45, 7) is 1.83. The van der Waals surface area contributed by atoms with Gasteiger partial charge >= 0.3 is 0 Å². The highest BCUT2D eigenvalue weighted by Gasteiger charge is 2.17. The second kappa shape index (κ2) is 6.42. The molecule has 0 aliphatic heterocycles. The van der Waals surface area contributed by atoms with Crippen molar-refractivity contribution in [1.82, 2.24) is 14.4 Å². The highest BCUT2D eigenvalue weighted by molar-refractivity contribution is 9.10. The lowest BCUT2D eigenvalue weighted by molar-refractivity contribution is 0.102. The highest BCUT2D eigenvalue weighted by Crippen LogP contribution is 2.26. The van der Waals surface area contributed by atoms with E-state index in [1.54, 1.807) is 4.40 Å². The van der Waals surface area contributed by atoms with Gasteiger partial charge in [-0.2, -0.15) is 0 Å². The maximum Gasteiger partial charge on any atom is 0.276 e. The second-order valence-electron chi connectivity index (χ2n) is 5.47. The summed E-state index contributed by atoms with van der Waals surface area (Å²) in [6.07, 6.45) is 1.83. The maximum atomic E-state index is 12.7. The molecule has 1 amide bonds. The number of carbonyl (C=O) groups is 1. The van der Waals surface area contributed by atoms with Gasteiger partial charge in [-0.1, -0.05) is 34.1 Å². The lowest BCUT2D eigenvalue weighted by Crippen LogP contribution is -2.15.